The van der Waals surface area contributed by atoms with Crippen molar-refractivity contribution < 1.29 is 9.47 Å². The molecule has 31 heavy (non-hydrogen) atoms. The second-order valence-electron chi connectivity index (χ2n) is 8.35. The van der Waals surface area contributed by atoms with Crippen molar-refractivity contribution in [1.29, 1.82) is 0 Å². The minimum Gasteiger partial charge on any atom is -0.379 e. The van der Waals surface area contributed by atoms with Crippen LogP contribution in [0.4, 0.5) is 0 Å². The van der Waals surface area contributed by atoms with Gasteiger partial charge in [-0.05, 0) is 31.7 Å². The molecule has 174 valence electrons. The van der Waals surface area contributed by atoms with Crippen LogP contribution in [0.1, 0.15) is 31.7 Å². The molecule has 2 heterocycles. The summed E-state index contributed by atoms with van der Waals surface area (Å²) in [7, 11) is 0. The Morgan fingerprint density at radius 1 is 1.13 bits per heavy atom. The highest BCUT2D eigenvalue weighted by Crippen LogP contribution is 2.12. The van der Waals surface area contributed by atoms with Crippen LogP contribution in [0.5, 0.6) is 0 Å². The maximum absolute atomic E-state index is 5.72. The summed E-state index contributed by atoms with van der Waals surface area (Å²) in [6, 6.07) is 10.8. The first-order valence-electron chi connectivity index (χ1n) is 12.0. The molecule has 2 saturated heterocycles. The molecule has 1 aromatic carbocycles. The van der Waals surface area contributed by atoms with Gasteiger partial charge in [0.05, 0.1) is 12.7 Å². The minimum absolute atomic E-state index is 0.308. The number of aliphatic imine (C=N–C) groups is 1. The molecule has 1 atom stereocenters. The van der Waals surface area contributed by atoms with Crippen molar-refractivity contribution in [3.05, 3.63) is 35.9 Å². The van der Waals surface area contributed by atoms with E-state index in [1.165, 1.54) is 12.0 Å². The summed E-state index contributed by atoms with van der Waals surface area (Å²) in [5.41, 5.74) is 1.40. The van der Waals surface area contributed by atoms with E-state index in [2.05, 4.69) is 62.7 Å². The normalized spacial score (nSPS) is 20.8. The molecule has 2 aliphatic heterocycles. The monoisotopic (exact) mass is 431 g/mol. The maximum atomic E-state index is 5.72. The number of nitrogens with zero attached hydrogens (tertiary/aromatic N) is 3. The van der Waals surface area contributed by atoms with Crippen LogP contribution in [0.15, 0.2) is 35.3 Å². The lowest BCUT2D eigenvalue weighted by Crippen LogP contribution is -2.49. The molecule has 2 N–H and O–H groups in total. The first kappa shape index (κ1) is 24.0. The number of hydrogen-bond acceptors (Lipinski definition) is 5. The maximum Gasteiger partial charge on any atom is 0.191 e. The van der Waals surface area contributed by atoms with E-state index < -0.39 is 0 Å². The highest BCUT2D eigenvalue weighted by Gasteiger charge is 2.17. The zero-order valence-electron chi connectivity index (χ0n) is 19.2. The van der Waals surface area contributed by atoms with Crippen LogP contribution in [-0.2, 0) is 16.0 Å². The topological polar surface area (TPSA) is 61.4 Å². The van der Waals surface area contributed by atoms with Crippen molar-refractivity contribution in [3.63, 3.8) is 0 Å². The summed E-state index contributed by atoms with van der Waals surface area (Å²) in [5.74, 6) is 0.907. The first-order valence-corrected chi connectivity index (χ1v) is 12.0. The predicted octanol–water partition coefficient (Wildman–Crippen LogP) is 1.95. The lowest BCUT2D eigenvalue weighted by molar-refractivity contribution is 0.0171. The van der Waals surface area contributed by atoms with Gasteiger partial charge in [0, 0.05) is 72.1 Å². The van der Waals surface area contributed by atoms with Gasteiger partial charge >= 0.3 is 0 Å². The van der Waals surface area contributed by atoms with Crippen molar-refractivity contribution in [2.75, 3.05) is 72.2 Å². The number of guanidine groups is 1. The Hall–Kier alpha value is -1.67. The Balaban J connectivity index is 1.24. The number of piperazine rings is 1. The van der Waals surface area contributed by atoms with Gasteiger partial charge in [0.15, 0.2) is 5.96 Å². The molecule has 0 spiro atoms. The van der Waals surface area contributed by atoms with Crippen molar-refractivity contribution in [3.8, 4) is 0 Å². The van der Waals surface area contributed by atoms with E-state index in [1.54, 1.807) is 0 Å². The summed E-state index contributed by atoms with van der Waals surface area (Å²) in [6.07, 6.45) is 3.54. The quantitative estimate of drug-likeness (QED) is 0.300. The van der Waals surface area contributed by atoms with Crippen molar-refractivity contribution >= 4 is 5.96 Å². The van der Waals surface area contributed by atoms with Gasteiger partial charge in [-0.15, -0.1) is 0 Å². The van der Waals surface area contributed by atoms with Gasteiger partial charge < -0.3 is 20.1 Å². The molecule has 0 bridgehead atoms. The molecule has 0 saturated carbocycles. The van der Waals surface area contributed by atoms with E-state index in [0.717, 1.165) is 97.5 Å². The van der Waals surface area contributed by atoms with Crippen LogP contribution in [0.25, 0.3) is 0 Å². The smallest absolute Gasteiger partial charge is 0.191 e. The van der Waals surface area contributed by atoms with Crippen molar-refractivity contribution in [2.45, 2.75) is 38.8 Å². The average Bonchev–Trinajstić information content (AvgIpc) is 3.31. The number of nitrogens with one attached hydrogen (secondary N) is 2. The SMILES string of the molecule is CCNC(=NCCCOCC1CCCO1)NCCN1CCN(Cc2ccccc2)CC1. The molecule has 7 heteroatoms. The molecule has 0 radical (unpaired) electrons. The second kappa shape index (κ2) is 14.4. The fourth-order valence-corrected chi connectivity index (χ4v) is 4.03. The van der Waals surface area contributed by atoms with Crippen LogP contribution in [0.3, 0.4) is 0 Å². The van der Waals surface area contributed by atoms with Gasteiger partial charge in [-0.25, -0.2) is 0 Å². The van der Waals surface area contributed by atoms with Gasteiger partial charge in [0.2, 0.25) is 0 Å². The van der Waals surface area contributed by atoms with E-state index in [9.17, 15) is 0 Å². The van der Waals surface area contributed by atoms with Crippen LogP contribution >= 0.6 is 0 Å². The fraction of sp³-hybridized carbons (Fsp3) is 0.708. The molecule has 3 rings (SSSR count). The van der Waals surface area contributed by atoms with Gasteiger partial charge in [-0.2, -0.15) is 0 Å². The summed E-state index contributed by atoms with van der Waals surface area (Å²) in [4.78, 5) is 9.77. The van der Waals surface area contributed by atoms with E-state index in [0.29, 0.717) is 6.10 Å². The number of benzene rings is 1. The largest absolute Gasteiger partial charge is 0.379 e. The third-order valence-corrected chi connectivity index (χ3v) is 5.82. The molecular formula is C24H41N5O2. The molecule has 1 unspecified atom stereocenters. The lowest BCUT2D eigenvalue weighted by Gasteiger charge is -2.34. The van der Waals surface area contributed by atoms with Gasteiger partial charge in [0.1, 0.15) is 0 Å². The Labute approximate surface area is 188 Å². The van der Waals surface area contributed by atoms with E-state index in [1.807, 2.05) is 0 Å². The molecule has 2 aliphatic rings. The molecule has 0 aromatic heterocycles. The number of hydrogen-bond donors (Lipinski definition) is 2. The zero-order valence-corrected chi connectivity index (χ0v) is 19.2. The van der Waals surface area contributed by atoms with Crippen LogP contribution in [0.2, 0.25) is 0 Å². The van der Waals surface area contributed by atoms with Gasteiger partial charge in [-0.1, -0.05) is 30.3 Å². The molecule has 0 amide bonds. The van der Waals surface area contributed by atoms with Gasteiger partial charge in [0.25, 0.3) is 0 Å². The first-order chi connectivity index (χ1) is 15.3. The molecule has 2 fully saturated rings. The molecule has 0 aliphatic carbocycles. The summed E-state index contributed by atoms with van der Waals surface area (Å²) >= 11 is 0. The Morgan fingerprint density at radius 2 is 1.94 bits per heavy atom. The number of rotatable bonds is 12. The summed E-state index contributed by atoms with van der Waals surface area (Å²) < 4.78 is 11.3. The number of ether oxygens (including phenoxy) is 2. The third kappa shape index (κ3) is 9.56. The minimum atomic E-state index is 0.308. The van der Waals surface area contributed by atoms with E-state index in [4.69, 9.17) is 9.47 Å². The second-order valence-corrected chi connectivity index (χ2v) is 8.35. The standard InChI is InChI=1S/C24H41N5O2/c1-2-25-24(26-11-7-18-30-21-23-10-6-19-31-23)27-12-13-28-14-16-29(17-15-28)20-22-8-4-3-5-9-22/h3-5,8-9,23H,2,6-7,10-21H2,1H3,(H2,25,26,27). The zero-order chi connectivity index (χ0) is 21.6. The van der Waals surface area contributed by atoms with Crippen LogP contribution < -0.4 is 10.6 Å². The van der Waals surface area contributed by atoms with Crippen molar-refractivity contribution in [2.24, 2.45) is 4.99 Å². The fourth-order valence-electron chi connectivity index (χ4n) is 4.03. The van der Waals surface area contributed by atoms with Gasteiger partial charge in [-0.3, -0.25) is 14.8 Å². The molecule has 7 nitrogen and oxygen atoms in total. The Kier molecular flexibility index (Phi) is 11.1. The highest BCUT2D eigenvalue weighted by molar-refractivity contribution is 5.79. The Bertz CT molecular complexity index is 614. The molecular weight excluding hydrogens is 390 g/mol. The van der Waals surface area contributed by atoms with Crippen LogP contribution in [0, 0.1) is 0 Å². The van der Waals surface area contributed by atoms with Crippen LogP contribution in [-0.4, -0.2) is 94.0 Å². The lowest BCUT2D eigenvalue weighted by atomic mass is 10.2. The Morgan fingerprint density at radius 3 is 2.68 bits per heavy atom. The highest BCUT2D eigenvalue weighted by atomic mass is 16.5. The predicted molar refractivity (Wildman–Crippen MR) is 127 cm³/mol. The average molecular weight is 432 g/mol. The van der Waals surface area contributed by atoms with E-state index >= 15 is 0 Å². The summed E-state index contributed by atoms with van der Waals surface area (Å²) in [5, 5.41) is 6.82. The van der Waals surface area contributed by atoms with E-state index in [-0.39, 0.29) is 0 Å². The summed E-state index contributed by atoms with van der Waals surface area (Å²) in [6.45, 7) is 13.7. The van der Waals surface area contributed by atoms with Crippen molar-refractivity contribution in [1.82, 2.24) is 20.4 Å². The third-order valence-electron chi connectivity index (χ3n) is 5.82. The molecule has 1 aromatic rings.